The molecule has 0 atom stereocenters. The number of aromatic nitrogens is 2. The van der Waals surface area contributed by atoms with E-state index in [1.807, 2.05) is 19.9 Å². The minimum atomic E-state index is -0.179. The summed E-state index contributed by atoms with van der Waals surface area (Å²) >= 11 is 6.14. The Kier molecular flexibility index (Phi) is 3.90. The number of nitrogens with zero attached hydrogens (tertiary/aromatic N) is 2. The van der Waals surface area contributed by atoms with Crippen LogP contribution in [0.25, 0.3) is 0 Å². The van der Waals surface area contributed by atoms with Crippen molar-refractivity contribution in [2.45, 2.75) is 20.4 Å². The third kappa shape index (κ3) is 2.49. The number of ketones is 1. The summed E-state index contributed by atoms with van der Waals surface area (Å²) in [6.45, 7) is 4.44. The largest absolute Gasteiger partial charge is 0.493 e. The molecule has 1 aromatic carbocycles. The van der Waals surface area contributed by atoms with E-state index in [4.69, 9.17) is 16.3 Å². The predicted molar refractivity (Wildman–Crippen MR) is 74.1 cm³/mol. The van der Waals surface area contributed by atoms with Gasteiger partial charge in [0.1, 0.15) is 0 Å². The van der Waals surface area contributed by atoms with E-state index in [9.17, 15) is 4.79 Å². The van der Waals surface area contributed by atoms with Gasteiger partial charge in [0.05, 0.1) is 18.3 Å². The highest BCUT2D eigenvalue weighted by Crippen LogP contribution is 2.25. The van der Waals surface area contributed by atoms with Gasteiger partial charge in [-0.1, -0.05) is 17.7 Å². The molecule has 0 bridgehead atoms. The van der Waals surface area contributed by atoms with Crippen LogP contribution < -0.4 is 4.74 Å². The first kappa shape index (κ1) is 13.6. The lowest BCUT2D eigenvalue weighted by Crippen LogP contribution is -2.12. The molecule has 0 aliphatic heterocycles. The SMILES string of the molecule is CCn1ncc(OC)c1C(=O)c1ccc(C)cc1Cl. The van der Waals surface area contributed by atoms with Crippen LogP contribution in [0.3, 0.4) is 0 Å². The fraction of sp³-hybridized carbons (Fsp3) is 0.286. The molecule has 0 aliphatic rings. The number of aryl methyl sites for hydroxylation is 2. The maximum atomic E-state index is 12.6. The van der Waals surface area contributed by atoms with E-state index in [1.54, 1.807) is 23.0 Å². The van der Waals surface area contributed by atoms with E-state index >= 15 is 0 Å². The summed E-state index contributed by atoms with van der Waals surface area (Å²) in [7, 11) is 1.52. The molecule has 100 valence electrons. The molecule has 0 saturated heterocycles. The fourth-order valence-corrected chi connectivity index (χ4v) is 2.24. The summed E-state index contributed by atoms with van der Waals surface area (Å²) in [5.41, 5.74) is 1.90. The number of rotatable bonds is 4. The molecular weight excluding hydrogens is 264 g/mol. The number of halogens is 1. The van der Waals surface area contributed by atoms with Gasteiger partial charge in [0.15, 0.2) is 11.4 Å². The first-order valence-electron chi connectivity index (χ1n) is 5.99. The summed E-state index contributed by atoms with van der Waals surface area (Å²) in [5, 5.41) is 4.57. The van der Waals surface area contributed by atoms with Crippen LogP contribution in [0.2, 0.25) is 5.02 Å². The van der Waals surface area contributed by atoms with Gasteiger partial charge in [-0.2, -0.15) is 5.10 Å². The van der Waals surface area contributed by atoms with Gasteiger partial charge in [-0.15, -0.1) is 0 Å². The minimum Gasteiger partial charge on any atom is -0.493 e. The molecule has 5 heteroatoms. The number of carbonyl (C=O) groups is 1. The first-order valence-corrected chi connectivity index (χ1v) is 6.37. The molecule has 0 aliphatic carbocycles. The molecular formula is C14H15ClN2O2. The molecule has 19 heavy (non-hydrogen) atoms. The molecule has 0 fully saturated rings. The third-order valence-electron chi connectivity index (χ3n) is 2.91. The Labute approximate surface area is 116 Å². The summed E-state index contributed by atoms with van der Waals surface area (Å²) in [6, 6.07) is 5.36. The van der Waals surface area contributed by atoms with Gasteiger partial charge in [-0.25, -0.2) is 0 Å². The van der Waals surface area contributed by atoms with Gasteiger partial charge in [-0.3, -0.25) is 9.48 Å². The van der Waals surface area contributed by atoms with Crippen LogP contribution in [-0.2, 0) is 6.54 Å². The van der Waals surface area contributed by atoms with Crippen molar-refractivity contribution in [3.63, 3.8) is 0 Å². The van der Waals surface area contributed by atoms with Gasteiger partial charge in [0.25, 0.3) is 0 Å². The van der Waals surface area contributed by atoms with Crippen LogP contribution in [-0.4, -0.2) is 22.7 Å². The molecule has 1 heterocycles. The monoisotopic (exact) mass is 278 g/mol. The van der Waals surface area contributed by atoms with Crippen molar-refractivity contribution in [3.05, 3.63) is 46.2 Å². The molecule has 0 amide bonds. The number of hydrogen-bond donors (Lipinski definition) is 0. The summed E-state index contributed by atoms with van der Waals surface area (Å²) in [5.74, 6) is 0.282. The van der Waals surface area contributed by atoms with E-state index < -0.39 is 0 Å². The van der Waals surface area contributed by atoms with Crippen LogP contribution >= 0.6 is 11.6 Å². The normalized spacial score (nSPS) is 10.5. The lowest BCUT2D eigenvalue weighted by molar-refractivity contribution is 0.102. The topological polar surface area (TPSA) is 44.1 Å². The molecule has 4 nitrogen and oxygen atoms in total. The summed E-state index contributed by atoms with van der Waals surface area (Å²) < 4.78 is 6.80. The van der Waals surface area contributed by atoms with Crippen molar-refractivity contribution in [2.75, 3.05) is 7.11 Å². The smallest absolute Gasteiger partial charge is 0.216 e. The number of carbonyl (C=O) groups excluding carboxylic acids is 1. The zero-order valence-electron chi connectivity index (χ0n) is 11.1. The van der Waals surface area contributed by atoms with E-state index in [-0.39, 0.29) is 5.78 Å². The Bertz CT molecular complexity index is 598. The number of hydrogen-bond acceptors (Lipinski definition) is 3. The number of ether oxygens (including phenoxy) is 1. The maximum absolute atomic E-state index is 12.6. The van der Waals surface area contributed by atoms with E-state index in [2.05, 4.69) is 5.10 Å². The molecule has 0 radical (unpaired) electrons. The fourth-order valence-electron chi connectivity index (χ4n) is 1.92. The van der Waals surface area contributed by atoms with Crippen molar-refractivity contribution in [1.29, 1.82) is 0 Å². The van der Waals surface area contributed by atoms with Crippen molar-refractivity contribution >= 4 is 17.4 Å². The quantitative estimate of drug-likeness (QED) is 0.807. The Morgan fingerprint density at radius 3 is 2.79 bits per heavy atom. The zero-order valence-corrected chi connectivity index (χ0v) is 11.9. The Morgan fingerprint density at radius 1 is 1.47 bits per heavy atom. The highest BCUT2D eigenvalue weighted by molar-refractivity contribution is 6.35. The number of methoxy groups -OCH3 is 1. The third-order valence-corrected chi connectivity index (χ3v) is 3.22. The summed E-state index contributed by atoms with van der Waals surface area (Å²) in [4.78, 5) is 12.6. The minimum absolute atomic E-state index is 0.179. The predicted octanol–water partition coefficient (Wildman–Crippen LogP) is 3.10. The van der Waals surface area contributed by atoms with Crippen LogP contribution in [0.15, 0.2) is 24.4 Å². The van der Waals surface area contributed by atoms with Crippen LogP contribution in [0.1, 0.15) is 28.5 Å². The van der Waals surface area contributed by atoms with Crippen molar-refractivity contribution in [3.8, 4) is 5.75 Å². The first-order chi connectivity index (χ1) is 9.08. The second-order valence-electron chi connectivity index (χ2n) is 4.19. The molecule has 2 rings (SSSR count). The zero-order chi connectivity index (χ0) is 14.0. The van der Waals surface area contributed by atoms with Gasteiger partial charge < -0.3 is 4.74 Å². The lowest BCUT2D eigenvalue weighted by atomic mass is 10.1. The van der Waals surface area contributed by atoms with Crippen LogP contribution in [0.4, 0.5) is 0 Å². The highest BCUT2D eigenvalue weighted by atomic mass is 35.5. The van der Waals surface area contributed by atoms with Gasteiger partial charge in [0.2, 0.25) is 5.78 Å². The Morgan fingerprint density at radius 2 is 2.21 bits per heavy atom. The van der Waals surface area contributed by atoms with Crippen LogP contribution in [0, 0.1) is 6.92 Å². The van der Waals surface area contributed by atoms with E-state index in [1.165, 1.54) is 7.11 Å². The van der Waals surface area contributed by atoms with Gasteiger partial charge in [0, 0.05) is 12.1 Å². The molecule has 0 saturated carbocycles. The number of benzene rings is 1. The molecule has 1 aromatic heterocycles. The Balaban J connectivity index is 2.52. The maximum Gasteiger partial charge on any atom is 0.216 e. The lowest BCUT2D eigenvalue weighted by Gasteiger charge is -2.08. The van der Waals surface area contributed by atoms with E-state index in [0.717, 1.165) is 5.56 Å². The average Bonchev–Trinajstić information content (AvgIpc) is 2.80. The summed E-state index contributed by atoms with van der Waals surface area (Å²) in [6.07, 6.45) is 1.54. The van der Waals surface area contributed by atoms with Crippen molar-refractivity contribution in [1.82, 2.24) is 9.78 Å². The molecule has 0 N–H and O–H groups in total. The Hall–Kier alpha value is -1.81. The van der Waals surface area contributed by atoms with Gasteiger partial charge in [-0.05, 0) is 31.5 Å². The second kappa shape index (κ2) is 5.45. The van der Waals surface area contributed by atoms with Crippen molar-refractivity contribution in [2.24, 2.45) is 0 Å². The molecule has 0 spiro atoms. The van der Waals surface area contributed by atoms with Crippen LogP contribution in [0.5, 0.6) is 5.75 Å². The standard InChI is InChI=1S/C14H15ClN2O2/c1-4-17-13(12(19-3)8-16-17)14(18)10-6-5-9(2)7-11(10)15/h5-8H,4H2,1-3H3. The van der Waals surface area contributed by atoms with Crippen molar-refractivity contribution < 1.29 is 9.53 Å². The van der Waals surface area contributed by atoms with E-state index in [0.29, 0.717) is 28.6 Å². The second-order valence-corrected chi connectivity index (χ2v) is 4.60. The molecule has 2 aromatic rings. The highest BCUT2D eigenvalue weighted by Gasteiger charge is 2.22. The average molecular weight is 279 g/mol. The van der Waals surface area contributed by atoms with Gasteiger partial charge >= 0.3 is 0 Å². The molecule has 0 unspecified atom stereocenters.